The molecule has 21 heavy (non-hydrogen) atoms. The number of aryl methyl sites for hydroxylation is 1. The molecule has 1 aromatic carbocycles. The van der Waals surface area contributed by atoms with Gasteiger partial charge in [0.05, 0.1) is 5.56 Å². The number of hydrogen-bond acceptors (Lipinski definition) is 2. The third kappa shape index (κ3) is 3.07. The molecular weight excluding hydrogens is 260 g/mol. The highest BCUT2D eigenvalue weighted by atomic mass is 16.1. The molecule has 0 saturated heterocycles. The fraction of sp³-hybridized carbons (Fsp3) is 0.611. The maximum absolute atomic E-state index is 12.5. The third-order valence-corrected chi connectivity index (χ3v) is 5.20. The Morgan fingerprint density at radius 2 is 2.14 bits per heavy atom. The van der Waals surface area contributed by atoms with Crippen LogP contribution in [0.25, 0.3) is 0 Å². The van der Waals surface area contributed by atoms with Crippen LogP contribution >= 0.6 is 0 Å². The maximum atomic E-state index is 12.5. The second-order valence-electron chi connectivity index (χ2n) is 6.72. The Hall–Kier alpha value is -1.51. The van der Waals surface area contributed by atoms with E-state index in [9.17, 15) is 4.79 Å². The van der Waals surface area contributed by atoms with E-state index in [1.807, 2.05) is 25.1 Å². The van der Waals surface area contributed by atoms with Crippen molar-refractivity contribution < 1.29 is 4.79 Å². The van der Waals surface area contributed by atoms with E-state index < -0.39 is 0 Å². The second-order valence-corrected chi connectivity index (χ2v) is 6.72. The molecule has 3 nitrogen and oxygen atoms in total. The minimum Gasteiger partial charge on any atom is -0.385 e. The number of carbonyl (C=O) groups is 1. The van der Waals surface area contributed by atoms with Crippen molar-refractivity contribution in [2.24, 2.45) is 17.8 Å². The summed E-state index contributed by atoms with van der Waals surface area (Å²) in [6.45, 7) is 5.76. The molecule has 3 heteroatoms. The Kier molecular flexibility index (Phi) is 4.18. The highest BCUT2D eigenvalue weighted by Crippen LogP contribution is 2.47. The fourth-order valence-electron chi connectivity index (χ4n) is 4.14. The zero-order valence-electron chi connectivity index (χ0n) is 13.1. The molecule has 0 heterocycles. The van der Waals surface area contributed by atoms with Gasteiger partial charge in [-0.3, -0.25) is 4.79 Å². The number of anilines is 1. The van der Waals surface area contributed by atoms with E-state index in [1.54, 1.807) is 0 Å². The molecule has 0 aliphatic heterocycles. The van der Waals surface area contributed by atoms with Crippen LogP contribution in [0.2, 0.25) is 0 Å². The first-order valence-electron chi connectivity index (χ1n) is 8.30. The van der Waals surface area contributed by atoms with Crippen LogP contribution in [-0.4, -0.2) is 19.0 Å². The summed E-state index contributed by atoms with van der Waals surface area (Å²) in [5, 5.41) is 6.45. The standard InChI is InChI=1S/C18H26N2O/c1-3-19-17-7-4-12(2)8-16(17)18(21)20-11-15-10-13-5-6-14(15)9-13/h4,7-8,13-15,19H,3,5-6,9-11H2,1-2H3,(H,20,21). The van der Waals surface area contributed by atoms with E-state index in [0.717, 1.165) is 41.7 Å². The van der Waals surface area contributed by atoms with Crippen molar-refractivity contribution in [1.29, 1.82) is 0 Å². The van der Waals surface area contributed by atoms with Crippen molar-refractivity contribution in [2.75, 3.05) is 18.4 Å². The second kappa shape index (κ2) is 6.08. The molecule has 3 rings (SSSR count). The van der Waals surface area contributed by atoms with Gasteiger partial charge in [-0.2, -0.15) is 0 Å². The van der Waals surface area contributed by atoms with Gasteiger partial charge in [-0.05, 0) is 63.0 Å². The molecule has 2 fully saturated rings. The van der Waals surface area contributed by atoms with E-state index >= 15 is 0 Å². The summed E-state index contributed by atoms with van der Waals surface area (Å²) in [6.07, 6.45) is 5.50. The molecule has 2 saturated carbocycles. The molecule has 3 unspecified atom stereocenters. The van der Waals surface area contributed by atoms with Crippen molar-refractivity contribution in [3.8, 4) is 0 Å². The predicted molar refractivity (Wildman–Crippen MR) is 86.6 cm³/mol. The lowest BCUT2D eigenvalue weighted by Gasteiger charge is -2.22. The molecule has 2 aliphatic carbocycles. The predicted octanol–water partition coefficient (Wildman–Crippen LogP) is 3.59. The minimum atomic E-state index is 0.0671. The van der Waals surface area contributed by atoms with Crippen LogP contribution < -0.4 is 10.6 Å². The average molecular weight is 286 g/mol. The first-order valence-corrected chi connectivity index (χ1v) is 8.30. The van der Waals surface area contributed by atoms with Gasteiger partial charge in [-0.15, -0.1) is 0 Å². The molecule has 114 valence electrons. The largest absolute Gasteiger partial charge is 0.385 e. The number of rotatable bonds is 5. The van der Waals surface area contributed by atoms with Gasteiger partial charge >= 0.3 is 0 Å². The Morgan fingerprint density at radius 1 is 1.29 bits per heavy atom. The van der Waals surface area contributed by atoms with Gasteiger partial charge in [0.2, 0.25) is 0 Å². The highest BCUT2D eigenvalue weighted by Gasteiger charge is 2.39. The molecule has 2 bridgehead atoms. The van der Waals surface area contributed by atoms with Crippen molar-refractivity contribution in [3.63, 3.8) is 0 Å². The summed E-state index contributed by atoms with van der Waals surface area (Å²) in [5.41, 5.74) is 2.84. The third-order valence-electron chi connectivity index (χ3n) is 5.20. The molecular formula is C18H26N2O. The van der Waals surface area contributed by atoms with Crippen molar-refractivity contribution >= 4 is 11.6 Å². The molecule has 2 N–H and O–H groups in total. The SMILES string of the molecule is CCNc1ccc(C)cc1C(=O)NCC1CC2CCC1C2. The van der Waals surface area contributed by atoms with Gasteiger partial charge < -0.3 is 10.6 Å². The number of amides is 1. The van der Waals surface area contributed by atoms with Crippen LogP contribution in [0.15, 0.2) is 18.2 Å². The maximum Gasteiger partial charge on any atom is 0.253 e. The summed E-state index contributed by atoms with van der Waals surface area (Å²) in [5.74, 6) is 2.58. The van der Waals surface area contributed by atoms with Crippen LogP contribution in [0, 0.1) is 24.7 Å². The van der Waals surface area contributed by atoms with Gasteiger partial charge in [0, 0.05) is 18.8 Å². The summed E-state index contributed by atoms with van der Waals surface area (Å²) in [7, 11) is 0. The lowest BCUT2D eigenvalue weighted by Crippen LogP contribution is -2.32. The van der Waals surface area contributed by atoms with E-state index in [0.29, 0.717) is 5.92 Å². The molecule has 0 radical (unpaired) electrons. The number of benzene rings is 1. The zero-order valence-corrected chi connectivity index (χ0v) is 13.1. The number of nitrogens with one attached hydrogen (secondary N) is 2. The molecule has 1 aromatic rings. The Labute approximate surface area is 127 Å². The van der Waals surface area contributed by atoms with Crippen LogP contribution in [0.3, 0.4) is 0 Å². The van der Waals surface area contributed by atoms with E-state index in [4.69, 9.17) is 0 Å². The fourth-order valence-corrected chi connectivity index (χ4v) is 4.14. The summed E-state index contributed by atoms with van der Waals surface area (Å²) in [6, 6.07) is 6.03. The molecule has 0 spiro atoms. The van der Waals surface area contributed by atoms with E-state index in [-0.39, 0.29) is 5.91 Å². The zero-order chi connectivity index (χ0) is 14.8. The highest BCUT2D eigenvalue weighted by molar-refractivity contribution is 5.99. The lowest BCUT2D eigenvalue weighted by molar-refractivity contribution is 0.0942. The Morgan fingerprint density at radius 3 is 2.81 bits per heavy atom. The van der Waals surface area contributed by atoms with Gasteiger partial charge in [-0.1, -0.05) is 18.1 Å². The molecule has 2 aliphatic rings. The van der Waals surface area contributed by atoms with Crippen LogP contribution in [-0.2, 0) is 0 Å². The van der Waals surface area contributed by atoms with Crippen molar-refractivity contribution in [3.05, 3.63) is 29.3 Å². The topological polar surface area (TPSA) is 41.1 Å². The summed E-state index contributed by atoms with van der Waals surface area (Å²) in [4.78, 5) is 12.5. The minimum absolute atomic E-state index is 0.0671. The monoisotopic (exact) mass is 286 g/mol. The summed E-state index contributed by atoms with van der Waals surface area (Å²) < 4.78 is 0. The normalized spacial score (nSPS) is 26.9. The van der Waals surface area contributed by atoms with Gasteiger partial charge in [0.25, 0.3) is 5.91 Å². The average Bonchev–Trinajstić information content (AvgIpc) is 3.09. The number of hydrogen-bond donors (Lipinski definition) is 2. The van der Waals surface area contributed by atoms with E-state index in [1.165, 1.54) is 25.7 Å². The summed E-state index contributed by atoms with van der Waals surface area (Å²) >= 11 is 0. The lowest BCUT2D eigenvalue weighted by atomic mass is 9.89. The van der Waals surface area contributed by atoms with Crippen LogP contribution in [0.1, 0.15) is 48.5 Å². The Balaban J connectivity index is 1.63. The van der Waals surface area contributed by atoms with Crippen LogP contribution in [0.5, 0.6) is 0 Å². The quantitative estimate of drug-likeness (QED) is 0.868. The number of fused-ring (bicyclic) bond motifs is 2. The van der Waals surface area contributed by atoms with Gasteiger partial charge in [0.15, 0.2) is 0 Å². The molecule has 1 amide bonds. The first kappa shape index (κ1) is 14.4. The van der Waals surface area contributed by atoms with Crippen LogP contribution in [0.4, 0.5) is 5.69 Å². The number of carbonyl (C=O) groups excluding carboxylic acids is 1. The smallest absolute Gasteiger partial charge is 0.253 e. The molecule has 3 atom stereocenters. The van der Waals surface area contributed by atoms with Crippen molar-refractivity contribution in [1.82, 2.24) is 5.32 Å². The van der Waals surface area contributed by atoms with Crippen molar-refractivity contribution in [2.45, 2.75) is 39.5 Å². The Bertz CT molecular complexity index is 526. The molecule has 0 aromatic heterocycles. The van der Waals surface area contributed by atoms with E-state index in [2.05, 4.69) is 17.6 Å². The first-order chi connectivity index (χ1) is 10.2. The van der Waals surface area contributed by atoms with Gasteiger partial charge in [-0.25, -0.2) is 0 Å². The van der Waals surface area contributed by atoms with Gasteiger partial charge in [0.1, 0.15) is 0 Å².